The van der Waals surface area contributed by atoms with Gasteiger partial charge in [0.1, 0.15) is 11.5 Å². The molecule has 0 spiro atoms. The van der Waals surface area contributed by atoms with E-state index in [1.165, 1.54) is 55.8 Å². The molecule has 0 atom stereocenters. The van der Waals surface area contributed by atoms with E-state index in [4.69, 9.17) is 42.1 Å². The van der Waals surface area contributed by atoms with Crippen molar-refractivity contribution in [2.45, 2.75) is 0 Å². The molecule has 0 saturated carbocycles. The van der Waals surface area contributed by atoms with Crippen LogP contribution in [-0.4, -0.2) is 37.8 Å². The minimum atomic E-state index is -0.688. The Bertz CT molecular complexity index is 1570. The van der Waals surface area contributed by atoms with Crippen molar-refractivity contribution in [1.82, 2.24) is 5.43 Å². The molecule has 0 bridgehead atoms. The number of nitrogens with one attached hydrogen (secondary N) is 1. The summed E-state index contributed by atoms with van der Waals surface area (Å²) in [7, 11) is 1.49. The molecule has 0 aliphatic carbocycles. The van der Waals surface area contributed by atoms with E-state index in [2.05, 4.69) is 10.5 Å². The number of halogens is 2. The third-order valence-electron chi connectivity index (χ3n) is 5.38. The molecule has 1 amide bonds. The molecule has 9 nitrogen and oxygen atoms in total. The van der Waals surface area contributed by atoms with Gasteiger partial charge in [-0.15, -0.1) is 0 Å². The van der Waals surface area contributed by atoms with Crippen molar-refractivity contribution in [2.75, 3.05) is 13.7 Å². The van der Waals surface area contributed by atoms with Gasteiger partial charge < -0.3 is 18.9 Å². The summed E-state index contributed by atoms with van der Waals surface area (Å²) in [4.78, 5) is 37.6. The molecule has 4 aromatic rings. The highest BCUT2D eigenvalue weighted by Gasteiger charge is 2.15. The number of hydrogen-bond acceptors (Lipinski definition) is 8. The summed E-state index contributed by atoms with van der Waals surface area (Å²) in [5, 5.41) is 4.86. The first-order valence-electron chi connectivity index (χ1n) is 12.0. The van der Waals surface area contributed by atoms with Crippen molar-refractivity contribution in [3.05, 3.63) is 118 Å². The number of hydrazone groups is 1. The molecule has 11 heteroatoms. The molecule has 0 radical (unpaired) electrons. The highest BCUT2D eigenvalue weighted by Crippen LogP contribution is 2.27. The van der Waals surface area contributed by atoms with Crippen molar-refractivity contribution in [1.29, 1.82) is 0 Å². The molecule has 208 valence electrons. The Morgan fingerprint density at radius 1 is 0.756 bits per heavy atom. The molecular formula is C30H22Cl2N2O7. The lowest BCUT2D eigenvalue weighted by Gasteiger charge is -2.11. The van der Waals surface area contributed by atoms with Gasteiger partial charge in [0, 0.05) is 21.7 Å². The van der Waals surface area contributed by atoms with Crippen molar-refractivity contribution >= 4 is 47.3 Å². The molecule has 0 aliphatic heterocycles. The molecule has 1 N–H and O–H groups in total. The van der Waals surface area contributed by atoms with Crippen LogP contribution in [0.3, 0.4) is 0 Å². The van der Waals surface area contributed by atoms with E-state index >= 15 is 0 Å². The van der Waals surface area contributed by atoms with E-state index in [0.717, 1.165) is 0 Å². The number of esters is 2. The van der Waals surface area contributed by atoms with E-state index < -0.39 is 17.8 Å². The zero-order valence-electron chi connectivity index (χ0n) is 21.5. The Hall–Kier alpha value is -4.86. The molecule has 0 fully saturated rings. The van der Waals surface area contributed by atoms with Gasteiger partial charge in [-0.3, -0.25) is 4.79 Å². The molecule has 0 aromatic heterocycles. The van der Waals surface area contributed by atoms with Crippen LogP contribution in [0.4, 0.5) is 0 Å². The summed E-state index contributed by atoms with van der Waals surface area (Å²) >= 11 is 11.8. The maximum atomic E-state index is 12.8. The van der Waals surface area contributed by atoms with Gasteiger partial charge in [0.05, 0.1) is 24.5 Å². The van der Waals surface area contributed by atoms with E-state index in [-0.39, 0.29) is 29.2 Å². The fraction of sp³-hybridized carbons (Fsp3) is 0.0667. The quantitative estimate of drug-likeness (QED) is 0.104. The van der Waals surface area contributed by atoms with Crippen LogP contribution >= 0.6 is 23.2 Å². The first-order chi connectivity index (χ1) is 19.8. The van der Waals surface area contributed by atoms with Gasteiger partial charge in [-0.2, -0.15) is 5.10 Å². The molecule has 4 rings (SSSR count). The number of rotatable bonds is 10. The summed E-state index contributed by atoms with van der Waals surface area (Å²) in [6.07, 6.45) is 1.27. The minimum absolute atomic E-state index is 0.0228. The van der Waals surface area contributed by atoms with E-state index in [9.17, 15) is 14.4 Å². The second kappa shape index (κ2) is 14.0. The van der Waals surface area contributed by atoms with Crippen LogP contribution in [0.5, 0.6) is 23.0 Å². The van der Waals surface area contributed by atoms with Gasteiger partial charge in [-0.25, -0.2) is 15.0 Å². The number of methoxy groups -OCH3 is 1. The number of para-hydroxylation sites is 2. The molecule has 0 aliphatic rings. The van der Waals surface area contributed by atoms with Crippen LogP contribution in [0.15, 0.2) is 96.1 Å². The third kappa shape index (κ3) is 8.31. The highest BCUT2D eigenvalue weighted by molar-refractivity contribution is 6.31. The van der Waals surface area contributed by atoms with Crippen molar-refractivity contribution in [2.24, 2.45) is 5.10 Å². The molecule has 0 saturated heterocycles. The lowest BCUT2D eigenvalue weighted by atomic mass is 10.2. The summed E-state index contributed by atoms with van der Waals surface area (Å²) in [5.74, 6) is -0.862. The fourth-order valence-corrected chi connectivity index (χ4v) is 3.61. The second-order valence-corrected chi connectivity index (χ2v) is 9.10. The first kappa shape index (κ1) is 29.1. The first-order valence-corrected chi connectivity index (χ1v) is 12.8. The number of carbonyl (C=O) groups is 3. The van der Waals surface area contributed by atoms with Gasteiger partial charge in [0.2, 0.25) is 0 Å². The average molecular weight is 593 g/mol. The lowest BCUT2D eigenvalue weighted by molar-refractivity contribution is -0.123. The lowest BCUT2D eigenvalue weighted by Crippen LogP contribution is -2.24. The number of carbonyl (C=O) groups excluding carboxylic acids is 3. The zero-order valence-corrected chi connectivity index (χ0v) is 23.0. The monoisotopic (exact) mass is 592 g/mol. The second-order valence-electron chi connectivity index (χ2n) is 8.23. The molecule has 41 heavy (non-hydrogen) atoms. The Morgan fingerprint density at radius 2 is 1.34 bits per heavy atom. The van der Waals surface area contributed by atoms with Gasteiger partial charge >= 0.3 is 11.9 Å². The van der Waals surface area contributed by atoms with Gasteiger partial charge in [-0.1, -0.05) is 35.3 Å². The predicted molar refractivity (Wildman–Crippen MR) is 153 cm³/mol. The normalized spacial score (nSPS) is 10.6. The number of ether oxygens (including phenoxy) is 4. The smallest absolute Gasteiger partial charge is 0.343 e. The summed E-state index contributed by atoms with van der Waals surface area (Å²) in [6.45, 7) is -0.324. The average Bonchev–Trinajstić information content (AvgIpc) is 2.98. The maximum Gasteiger partial charge on any atom is 0.343 e. The Balaban J connectivity index is 1.48. The number of hydrogen-bond donors (Lipinski definition) is 1. The minimum Gasteiger partial charge on any atom is -0.493 e. The Kier molecular flexibility index (Phi) is 9.93. The highest BCUT2D eigenvalue weighted by atomic mass is 35.5. The largest absolute Gasteiger partial charge is 0.493 e. The summed E-state index contributed by atoms with van der Waals surface area (Å²) < 4.78 is 21.7. The van der Waals surface area contributed by atoms with Crippen LogP contribution in [0.2, 0.25) is 10.0 Å². The van der Waals surface area contributed by atoms with Crippen LogP contribution in [0.25, 0.3) is 0 Å². The van der Waals surface area contributed by atoms with E-state index in [1.807, 2.05) is 0 Å². The predicted octanol–water partition coefficient (Wildman–Crippen LogP) is 5.97. The topological polar surface area (TPSA) is 113 Å². The van der Waals surface area contributed by atoms with E-state index in [0.29, 0.717) is 27.1 Å². The number of benzene rings is 4. The summed E-state index contributed by atoms with van der Waals surface area (Å²) in [5.41, 5.74) is 3.17. The van der Waals surface area contributed by atoms with Crippen LogP contribution in [0, 0.1) is 0 Å². The molecule has 0 unspecified atom stereocenters. The van der Waals surface area contributed by atoms with Gasteiger partial charge in [-0.05, 0) is 72.8 Å². The Labute approximate surface area is 245 Å². The van der Waals surface area contributed by atoms with Crippen molar-refractivity contribution < 1.29 is 33.3 Å². The van der Waals surface area contributed by atoms with Crippen molar-refractivity contribution in [3.8, 4) is 23.0 Å². The fourth-order valence-electron chi connectivity index (χ4n) is 3.36. The van der Waals surface area contributed by atoms with Gasteiger partial charge in [0.15, 0.2) is 18.1 Å². The SMILES string of the molecule is COc1ccccc1OCC(=O)N/N=C\c1ccc(OC(=O)c2ccc(Cl)cc2)cc1OC(=O)c1ccc(Cl)cc1. The Morgan fingerprint density at radius 3 is 1.95 bits per heavy atom. The zero-order chi connectivity index (χ0) is 29.2. The number of amides is 1. The van der Waals surface area contributed by atoms with Crippen molar-refractivity contribution in [3.63, 3.8) is 0 Å². The van der Waals surface area contributed by atoms with Gasteiger partial charge in [0.25, 0.3) is 5.91 Å². The summed E-state index contributed by atoms with van der Waals surface area (Å²) in [6, 6.07) is 23.5. The third-order valence-corrected chi connectivity index (χ3v) is 5.88. The maximum absolute atomic E-state index is 12.8. The van der Waals surface area contributed by atoms with Crippen LogP contribution in [-0.2, 0) is 4.79 Å². The molecule has 0 heterocycles. The standard InChI is InChI=1S/C30H22Cl2N2O7/c1-38-25-4-2-3-5-26(25)39-18-28(35)34-33-17-21-10-15-24(40-29(36)19-6-11-22(31)12-7-19)16-27(21)41-30(37)20-8-13-23(32)14-9-20/h2-17H,18H2,1H3,(H,34,35)/b33-17-. The van der Waals surface area contributed by atoms with Crippen LogP contribution < -0.4 is 24.4 Å². The molecular weight excluding hydrogens is 571 g/mol. The van der Waals surface area contributed by atoms with Crippen LogP contribution in [0.1, 0.15) is 26.3 Å². The van der Waals surface area contributed by atoms with E-state index in [1.54, 1.807) is 48.5 Å². The molecule has 4 aromatic carbocycles. The number of nitrogens with zero attached hydrogens (tertiary/aromatic N) is 1.